The van der Waals surface area contributed by atoms with Gasteiger partial charge in [-0.05, 0) is 47.2 Å². The Labute approximate surface area is 149 Å². The zero-order chi connectivity index (χ0) is 17.4. The van der Waals surface area contributed by atoms with Crippen molar-refractivity contribution in [2.75, 3.05) is 7.11 Å². The summed E-state index contributed by atoms with van der Waals surface area (Å²) >= 11 is 5.96. The number of aromatic nitrogens is 2. The molecular formula is C20H13ClN2O2. The van der Waals surface area contributed by atoms with E-state index in [-0.39, 0.29) is 5.97 Å². The molecule has 25 heavy (non-hydrogen) atoms. The van der Waals surface area contributed by atoms with Crippen LogP contribution in [0.4, 0.5) is 0 Å². The summed E-state index contributed by atoms with van der Waals surface area (Å²) in [6.45, 7) is 0. The summed E-state index contributed by atoms with van der Waals surface area (Å²) in [6.07, 6.45) is 1.59. The Morgan fingerprint density at radius 2 is 1.72 bits per heavy atom. The van der Waals surface area contributed by atoms with E-state index in [1.165, 1.54) is 7.11 Å². The first kappa shape index (κ1) is 15.5. The number of ether oxygens (including phenoxy) is 1. The highest BCUT2D eigenvalue weighted by molar-refractivity contribution is 6.31. The van der Waals surface area contributed by atoms with Gasteiger partial charge in [-0.3, -0.25) is 0 Å². The maximum Gasteiger partial charge on any atom is 0.337 e. The Bertz CT molecular complexity index is 1130. The van der Waals surface area contributed by atoms with E-state index in [0.29, 0.717) is 16.2 Å². The molecule has 0 bridgehead atoms. The largest absolute Gasteiger partial charge is 0.465 e. The van der Waals surface area contributed by atoms with E-state index < -0.39 is 0 Å². The van der Waals surface area contributed by atoms with Gasteiger partial charge in [0.15, 0.2) is 5.65 Å². The van der Waals surface area contributed by atoms with Crippen molar-refractivity contribution in [2.45, 2.75) is 0 Å². The summed E-state index contributed by atoms with van der Waals surface area (Å²) < 4.78 is 4.76. The summed E-state index contributed by atoms with van der Waals surface area (Å²) in [6, 6.07) is 17.2. The van der Waals surface area contributed by atoms with Crippen LogP contribution in [-0.4, -0.2) is 23.0 Å². The molecule has 0 saturated carbocycles. The molecule has 0 aliphatic heterocycles. The van der Waals surface area contributed by atoms with E-state index in [0.717, 1.165) is 27.4 Å². The fourth-order valence-electron chi connectivity index (χ4n) is 2.79. The fourth-order valence-corrected chi connectivity index (χ4v) is 2.96. The lowest BCUT2D eigenvalue weighted by Crippen LogP contribution is -2.00. The maximum atomic E-state index is 11.6. The van der Waals surface area contributed by atoms with Crippen molar-refractivity contribution in [3.8, 4) is 11.3 Å². The highest BCUT2D eigenvalue weighted by Gasteiger charge is 2.08. The molecular weight excluding hydrogens is 336 g/mol. The number of fused-ring (bicyclic) bond motifs is 2. The number of carbonyl (C=O) groups excluding carboxylic acids is 1. The minimum Gasteiger partial charge on any atom is -0.465 e. The van der Waals surface area contributed by atoms with Gasteiger partial charge in [-0.15, -0.1) is 0 Å². The molecule has 0 atom stereocenters. The first-order valence-electron chi connectivity index (χ1n) is 7.69. The predicted molar refractivity (Wildman–Crippen MR) is 98.8 cm³/mol. The zero-order valence-corrected chi connectivity index (χ0v) is 14.1. The second-order valence-electron chi connectivity index (χ2n) is 5.67. The van der Waals surface area contributed by atoms with Crippen molar-refractivity contribution < 1.29 is 9.53 Å². The molecule has 122 valence electrons. The maximum absolute atomic E-state index is 11.6. The number of benzene rings is 2. The van der Waals surface area contributed by atoms with Crippen molar-refractivity contribution in [1.82, 2.24) is 9.97 Å². The van der Waals surface area contributed by atoms with Crippen LogP contribution in [0.1, 0.15) is 10.4 Å². The number of rotatable bonds is 2. The number of hydrogen-bond donors (Lipinski definition) is 0. The van der Waals surface area contributed by atoms with Crippen LogP contribution in [-0.2, 0) is 4.74 Å². The number of hydrogen-bond acceptors (Lipinski definition) is 4. The molecule has 4 aromatic rings. The van der Waals surface area contributed by atoms with Gasteiger partial charge in [-0.1, -0.05) is 29.8 Å². The fraction of sp³-hybridized carbons (Fsp3) is 0.0500. The van der Waals surface area contributed by atoms with Crippen LogP contribution < -0.4 is 0 Å². The molecule has 2 heterocycles. The lowest BCUT2D eigenvalue weighted by Gasteiger charge is -2.06. The van der Waals surface area contributed by atoms with Crippen molar-refractivity contribution >= 4 is 39.4 Å². The molecule has 0 N–H and O–H groups in total. The zero-order valence-electron chi connectivity index (χ0n) is 13.4. The average Bonchev–Trinajstić information content (AvgIpc) is 2.66. The Kier molecular flexibility index (Phi) is 3.82. The van der Waals surface area contributed by atoms with Crippen molar-refractivity contribution in [1.29, 1.82) is 0 Å². The second-order valence-corrected chi connectivity index (χ2v) is 6.10. The van der Waals surface area contributed by atoms with Crippen LogP contribution in [0.3, 0.4) is 0 Å². The minimum absolute atomic E-state index is 0.341. The monoisotopic (exact) mass is 348 g/mol. The van der Waals surface area contributed by atoms with Gasteiger partial charge in [0, 0.05) is 17.1 Å². The van der Waals surface area contributed by atoms with Gasteiger partial charge >= 0.3 is 5.97 Å². The second kappa shape index (κ2) is 6.15. The third kappa shape index (κ3) is 2.92. The molecule has 0 amide bonds. The number of esters is 1. The summed E-state index contributed by atoms with van der Waals surface area (Å²) in [7, 11) is 1.38. The van der Waals surface area contributed by atoms with Crippen molar-refractivity contribution in [2.24, 2.45) is 0 Å². The average molecular weight is 349 g/mol. The lowest BCUT2D eigenvalue weighted by molar-refractivity contribution is 0.0601. The Morgan fingerprint density at radius 1 is 0.960 bits per heavy atom. The van der Waals surface area contributed by atoms with Gasteiger partial charge < -0.3 is 4.74 Å². The number of carbonyl (C=O) groups is 1. The molecule has 5 heteroatoms. The van der Waals surface area contributed by atoms with Gasteiger partial charge in [0.1, 0.15) is 0 Å². The SMILES string of the molecule is COC(=O)c1ccc2cc(-c3ccc4cc(Cl)cnc4n3)ccc2c1. The highest BCUT2D eigenvalue weighted by atomic mass is 35.5. The molecule has 2 aromatic heterocycles. The van der Waals surface area contributed by atoms with E-state index in [2.05, 4.69) is 9.97 Å². The number of halogens is 1. The van der Waals surface area contributed by atoms with Crippen LogP contribution >= 0.6 is 11.6 Å². The van der Waals surface area contributed by atoms with Gasteiger partial charge in [0.05, 0.1) is 23.4 Å². The number of methoxy groups -OCH3 is 1. The number of nitrogens with zero attached hydrogens (tertiary/aromatic N) is 2. The third-order valence-corrected chi connectivity index (χ3v) is 4.27. The van der Waals surface area contributed by atoms with Crippen LogP contribution in [0.15, 0.2) is 60.8 Å². The third-order valence-electron chi connectivity index (χ3n) is 4.07. The van der Waals surface area contributed by atoms with Crippen LogP contribution in [0.25, 0.3) is 33.1 Å². The van der Waals surface area contributed by atoms with Gasteiger partial charge in [0.2, 0.25) is 0 Å². The Hall–Kier alpha value is -2.98. The molecule has 2 aromatic carbocycles. The molecule has 0 aliphatic rings. The molecule has 0 saturated heterocycles. The molecule has 0 spiro atoms. The summed E-state index contributed by atoms with van der Waals surface area (Å²) in [5, 5.41) is 3.49. The molecule has 0 aliphatic carbocycles. The van der Waals surface area contributed by atoms with E-state index in [1.807, 2.05) is 48.5 Å². The van der Waals surface area contributed by atoms with Crippen molar-refractivity contribution in [3.05, 3.63) is 71.4 Å². The van der Waals surface area contributed by atoms with E-state index in [4.69, 9.17) is 16.3 Å². The summed E-state index contributed by atoms with van der Waals surface area (Å²) in [5.41, 5.74) is 3.01. The van der Waals surface area contributed by atoms with Crippen LogP contribution in [0, 0.1) is 0 Å². The van der Waals surface area contributed by atoms with Crippen LogP contribution in [0.2, 0.25) is 5.02 Å². The topological polar surface area (TPSA) is 52.1 Å². The molecule has 4 nitrogen and oxygen atoms in total. The van der Waals surface area contributed by atoms with Gasteiger partial charge in [-0.25, -0.2) is 14.8 Å². The van der Waals surface area contributed by atoms with E-state index in [9.17, 15) is 4.79 Å². The normalized spacial score (nSPS) is 11.0. The highest BCUT2D eigenvalue weighted by Crippen LogP contribution is 2.26. The molecule has 0 unspecified atom stereocenters. The van der Waals surface area contributed by atoms with E-state index >= 15 is 0 Å². The molecule has 0 fully saturated rings. The van der Waals surface area contributed by atoms with Crippen LogP contribution in [0.5, 0.6) is 0 Å². The predicted octanol–water partition coefficient (Wildman–Crippen LogP) is 4.89. The van der Waals surface area contributed by atoms with Gasteiger partial charge in [0.25, 0.3) is 0 Å². The van der Waals surface area contributed by atoms with Gasteiger partial charge in [-0.2, -0.15) is 0 Å². The lowest BCUT2D eigenvalue weighted by atomic mass is 10.0. The quantitative estimate of drug-likeness (QED) is 0.484. The Balaban J connectivity index is 1.78. The Morgan fingerprint density at radius 3 is 2.56 bits per heavy atom. The smallest absolute Gasteiger partial charge is 0.337 e. The first-order chi connectivity index (χ1) is 12.1. The standard InChI is InChI=1S/C20H13ClN2O2/c1-25-20(24)16-5-3-12-8-14(4-2-13(12)9-16)18-7-6-15-10-17(21)11-22-19(15)23-18/h2-11H,1H3. The minimum atomic E-state index is -0.341. The van der Waals surface area contributed by atoms with E-state index in [1.54, 1.807) is 12.3 Å². The molecule has 4 rings (SSSR count). The van der Waals surface area contributed by atoms with Crippen molar-refractivity contribution in [3.63, 3.8) is 0 Å². The first-order valence-corrected chi connectivity index (χ1v) is 8.07. The number of pyridine rings is 2. The summed E-state index contributed by atoms with van der Waals surface area (Å²) in [5.74, 6) is -0.341. The summed E-state index contributed by atoms with van der Waals surface area (Å²) in [4.78, 5) is 20.5. The molecule has 0 radical (unpaired) electrons.